The van der Waals surface area contributed by atoms with E-state index in [0.717, 1.165) is 44.5 Å². The van der Waals surface area contributed by atoms with Crippen molar-refractivity contribution in [3.8, 4) is 0 Å². The van der Waals surface area contributed by atoms with E-state index in [0.29, 0.717) is 5.92 Å². The molecule has 102 valence electrons. The summed E-state index contributed by atoms with van der Waals surface area (Å²) in [5, 5.41) is 6.34. The van der Waals surface area contributed by atoms with Gasteiger partial charge in [0.2, 0.25) is 5.91 Å². The van der Waals surface area contributed by atoms with Gasteiger partial charge in [-0.2, -0.15) is 0 Å². The Kier molecular flexibility index (Phi) is 3.27. The van der Waals surface area contributed by atoms with Crippen LogP contribution in [0.25, 0.3) is 0 Å². The summed E-state index contributed by atoms with van der Waals surface area (Å²) >= 11 is 0. The molecular weight excluding hydrogens is 243 g/mol. The molecule has 19 heavy (non-hydrogen) atoms. The third-order valence-electron chi connectivity index (χ3n) is 4.63. The number of nitrogens with one attached hydrogen (secondary N) is 2. The molecule has 0 saturated carbocycles. The molecule has 2 fully saturated rings. The Hall–Kier alpha value is -1.42. The molecule has 1 aromatic rings. The van der Waals surface area contributed by atoms with Crippen molar-refractivity contribution in [3.63, 3.8) is 0 Å². The lowest BCUT2D eigenvalue weighted by atomic mass is 9.69. The molecule has 1 unspecified atom stereocenters. The predicted molar refractivity (Wildman–Crippen MR) is 71.1 cm³/mol. The summed E-state index contributed by atoms with van der Waals surface area (Å²) in [5.74, 6) is 0.328. The van der Waals surface area contributed by atoms with Crippen molar-refractivity contribution in [2.75, 3.05) is 19.6 Å². The molecule has 4 heteroatoms. The van der Waals surface area contributed by atoms with E-state index in [1.165, 1.54) is 12.1 Å². The molecule has 0 bridgehead atoms. The van der Waals surface area contributed by atoms with Crippen LogP contribution in [0.4, 0.5) is 4.39 Å². The zero-order valence-corrected chi connectivity index (χ0v) is 10.9. The molecule has 2 aliphatic rings. The minimum atomic E-state index is -0.209. The van der Waals surface area contributed by atoms with Gasteiger partial charge in [-0.1, -0.05) is 12.1 Å². The normalized spacial score (nSPS) is 25.5. The van der Waals surface area contributed by atoms with Crippen molar-refractivity contribution in [1.29, 1.82) is 0 Å². The average Bonchev–Trinajstić information content (AvgIpc) is 2.72. The molecule has 0 aromatic heterocycles. The van der Waals surface area contributed by atoms with E-state index in [1.807, 2.05) is 12.1 Å². The van der Waals surface area contributed by atoms with Crippen LogP contribution in [0.3, 0.4) is 0 Å². The van der Waals surface area contributed by atoms with Gasteiger partial charge in [-0.15, -0.1) is 0 Å². The van der Waals surface area contributed by atoms with E-state index in [1.54, 1.807) is 0 Å². The summed E-state index contributed by atoms with van der Waals surface area (Å²) in [7, 11) is 0. The van der Waals surface area contributed by atoms with Crippen molar-refractivity contribution in [2.24, 2.45) is 11.3 Å². The second-order valence-electron chi connectivity index (χ2n) is 5.64. The summed E-state index contributed by atoms with van der Waals surface area (Å²) in [6.07, 6.45) is 2.66. The molecule has 2 aliphatic heterocycles. The van der Waals surface area contributed by atoms with E-state index in [4.69, 9.17) is 0 Å². The van der Waals surface area contributed by atoms with Crippen LogP contribution in [0.15, 0.2) is 24.3 Å². The molecule has 2 N–H and O–H groups in total. The average molecular weight is 262 g/mol. The molecule has 3 rings (SSSR count). The zero-order chi connectivity index (χ0) is 13.3. The summed E-state index contributed by atoms with van der Waals surface area (Å²) in [5.41, 5.74) is 0.903. The first kappa shape index (κ1) is 12.6. The van der Waals surface area contributed by atoms with Gasteiger partial charge in [0.05, 0.1) is 5.41 Å². The molecule has 2 heterocycles. The first-order chi connectivity index (χ1) is 9.21. The summed E-state index contributed by atoms with van der Waals surface area (Å²) in [6.45, 7) is 2.57. The number of rotatable bonds is 2. The topological polar surface area (TPSA) is 41.1 Å². The van der Waals surface area contributed by atoms with E-state index in [-0.39, 0.29) is 17.1 Å². The summed E-state index contributed by atoms with van der Waals surface area (Å²) < 4.78 is 12.9. The van der Waals surface area contributed by atoms with Crippen molar-refractivity contribution in [3.05, 3.63) is 35.6 Å². The number of carbonyl (C=O) groups excluding carboxylic acids is 1. The number of hydrogen-bond acceptors (Lipinski definition) is 2. The highest BCUT2D eigenvalue weighted by atomic mass is 19.1. The van der Waals surface area contributed by atoms with E-state index in [2.05, 4.69) is 10.6 Å². The van der Waals surface area contributed by atoms with Crippen LogP contribution < -0.4 is 10.6 Å². The maximum absolute atomic E-state index is 12.9. The van der Waals surface area contributed by atoms with Gasteiger partial charge in [0, 0.05) is 6.54 Å². The number of halogens is 1. The van der Waals surface area contributed by atoms with Crippen LogP contribution >= 0.6 is 0 Å². The van der Waals surface area contributed by atoms with Gasteiger partial charge in [0.15, 0.2) is 0 Å². The molecule has 3 nitrogen and oxygen atoms in total. The highest BCUT2D eigenvalue weighted by Gasteiger charge is 2.49. The Bertz CT molecular complexity index is 466. The molecule has 0 aliphatic carbocycles. The van der Waals surface area contributed by atoms with Crippen LogP contribution in [0.5, 0.6) is 0 Å². The second-order valence-corrected chi connectivity index (χ2v) is 5.64. The van der Waals surface area contributed by atoms with Gasteiger partial charge in [0.25, 0.3) is 0 Å². The quantitative estimate of drug-likeness (QED) is 0.847. The van der Waals surface area contributed by atoms with Crippen LogP contribution in [-0.2, 0) is 11.2 Å². The number of hydrogen-bond donors (Lipinski definition) is 2. The molecule has 1 spiro atoms. The van der Waals surface area contributed by atoms with Gasteiger partial charge < -0.3 is 10.6 Å². The van der Waals surface area contributed by atoms with Crippen LogP contribution in [0.1, 0.15) is 18.4 Å². The Labute approximate surface area is 112 Å². The van der Waals surface area contributed by atoms with E-state index < -0.39 is 0 Å². The van der Waals surface area contributed by atoms with Crippen LogP contribution in [0.2, 0.25) is 0 Å². The first-order valence-corrected chi connectivity index (χ1v) is 6.94. The lowest BCUT2D eigenvalue weighted by molar-refractivity contribution is -0.130. The predicted octanol–water partition coefficient (Wildman–Crippen LogP) is 1.48. The van der Waals surface area contributed by atoms with Crippen molar-refractivity contribution in [1.82, 2.24) is 10.6 Å². The maximum atomic E-state index is 12.9. The Morgan fingerprint density at radius 2 is 1.89 bits per heavy atom. The van der Waals surface area contributed by atoms with Gasteiger partial charge in [0.1, 0.15) is 5.82 Å². The maximum Gasteiger partial charge on any atom is 0.226 e. The smallest absolute Gasteiger partial charge is 0.226 e. The standard InChI is InChI=1S/C15H19FN2O/c16-13-3-1-11(2-4-13)9-12-10-18-14(19)15(12)5-7-17-8-6-15/h1-4,12,17H,5-10H2,(H,18,19). The van der Waals surface area contributed by atoms with Gasteiger partial charge in [-0.3, -0.25) is 4.79 Å². The van der Waals surface area contributed by atoms with Gasteiger partial charge in [-0.05, 0) is 56.0 Å². The largest absolute Gasteiger partial charge is 0.355 e. The highest BCUT2D eigenvalue weighted by Crippen LogP contribution is 2.42. The van der Waals surface area contributed by atoms with Gasteiger partial charge in [-0.25, -0.2) is 4.39 Å². The second kappa shape index (κ2) is 4.93. The highest BCUT2D eigenvalue weighted by molar-refractivity contribution is 5.85. The molecule has 1 aromatic carbocycles. The fourth-order valence-electron chi connectivity index (χ4n) is 3.45. The van der Waals surface area contributed by atoms with E-state index in [9.17, 15) is 9.18 Å². The lowest BCUT2D eigenvalue weighted by Gasteiger charge is -2.36. The third kappa shape index (κ3) is 2.25. The fourth-order valence-corrected chi connectivity index (χ4v) is 3.45. The molecule has 1 amide bonds. The number of carbonyl (C=O) groups is 1. The lowest BCUT2D eigenvalue weighted by Crippen LogP contribution is -2.45. The molecule has 2 saturated heterocycles. The number of piperidine rings is 1. The van der Waals surface area contributed by atoms with Crippen molar-refractivity contribution in [2.45, 2.75) is 19.3 Å². The summed E-state index contributed by atoms with van der Waals surface area (Å²) in [4.78, 5) is 12.2. The minimum absolute atomic E-state index is 0.207. The zero-order valence-electron chi connectivity index (χ0n) is 10.9. The molecule has 1 atom stereocenters. The van der Waals surface area contributed by atoms with E-state index >= 15 is 0 Å². The summed E-state index contributed by atoms with van der Waals surface area (Å²) in [6, 6.07) is 6.64. The van der Waals surface area contributed by atoms with Crippen LogP contribution in [-0.4, -0.2) is 25.5 Å². The Morgan fingerprint density at radius 1 is 1.21 bits per heavy atom. The molecule has 0 radical (unpaired) electrons. The van der Waals surface area contributed by atoms with Crippen molar-refractivity contribution < 1.29 is 9.18 Å². The van der Waals surface area contributed by atoms with Crippen LogP contribution in [0, 0.1) is 17.2 Å². The Balaban J connectivity index is 1.79. The number of amides is 1. The minimum Gasteiger partial charge on any atom is -0.355 e. The fraction of sp³-hybridized carbons (Fsp3) is 0.533. The Morgan fingerprint density at radius 3 is 2.58 bits per heavy atom. The van der Waals surface area contributed by atoms with Gasteiger partial charge >= 0.3 is 0 Å². The third-order valence-corrected chi connectivity index (χ3v) is 4.63. The molecular formula is C15H19FN2O. The monoisotopic (exact) mass is 262 g/mol. The SMILES string of the molecule is O=C1NCC(Cc2ccc(F)cc2)C12CCNCC2. The first-order valence-electron chi connectivity index (χ1n) is 6.94. The number of benzene rings is 1. The van der Waals surface area contributed by atoms with Crippen molar-refractivity contribution >= 4 is 5.91 Å².